The molecule has 0 aliphatic heterocycles. The summed E-state index contributed by atoms with van der Waals surface area (Å²) in [7, 11) is 0. The highest BCUT2D eigenvalue weighted by molar-refractivity contribution is 5.92. The van der Waals surface area contributed by atoms with Crippen molar-refractivity contribution in [2.24, 2.45) is 0 Å². The van der Waals surface area contributed by atoms with Crippen molar-refractivity contribution in [3.05, 3.63) is 65.2 Å². The van der Waals surface area contributed by atoms with E-state index >= 15 is 0 Å². The minimum Gasteiger partial charge on any atom is -0.481 e. The molecule has 1 aromatic heterocycles. The number of pyridine rings is 1. The van der Waals surface area contributed by atoms with Gasteiger partial charge >= 0.3 is 5.97 Å². The SMILES string of the molecule is CC(C)(C)c1ccc(C(=O)NC(CC(=O)O)c2ccc(F)cc2)nc1. The maximum atomic E-state index is 13.1. The van der Waals surface area contributed by atoms with E-state index in [4.69, 9.17) is 5.11 Å². The normalized spacial score (nSPS) is 12.5. The lowest BCUT2D eigenvalue weighted by Gasteiger charge is -2.19. The van der Waals surface area contributed by atoms with E-state index < -0.39 is 23.7 Å². The molecule has 0 aliphatic rings. The maximum Gasteiger partial charge on any atom is 0.305 e. The van der Waals surface area contributed by atoms with Crippen LogP contribution in [0.15, 0.2) is 42.6 Å². The van der Waals surface area contributed by atoms with Gasteiger partial charge in [0, 0.05) is 6.20 Å². The lowest BCUT2D eigenvalue weighted by atomic mass is 9.88. The number of nitrogens with zero attached hydrogens (tertiary/aromatic N) is 1. The average Bonchev–Trinajstić information content (AvgIpc) is 2.54. The second kappa shape index (κ2) is 7.42. The van der Waals surface area contributed by atoms with Crippen molar-refractivity contribution in [1.29, 1.82) is 0 Å². The number of aliphatic carboxylic acids is 1. The Morgan fingerprint density at radius 2 is 1.80 bits per heavy atom. The predicted octanol–water partition coefficient (Wildman–Crippen LogP) is 3.46. The van der Waals surface area contributed by atoms with Crippen molar-refractivity contribution in [1.82, 2.24) is 10.3 Å². The Balaban J connectivity index is 2.19. The number of hydrogen-bond donors (Lipinski definition) is 2. The molecule has 0 spiro atoms. The van der Waals surface area contributed by atoms with Gasteiger partial charge in [-0.15, -0.1) is 0 Å². The third kappa shape index (κ3) is 5.11. The molecule has 1 heterocycles. The number of amides is 1. The Kier molecular flexibility index (Phi) is 5.51. The van der Waals surface area contributed by atoms with Crippen molar-refractivity contribution in [2.45, 2.75) is 38.6 Å². The summed E-state index contributed by atoms with van der Waals surface area (Å²) in [6.45, 7) is 6.13. The van der Waals surface area contributed by atoms with Crippen molar-refractivity contribution in [3.63, 3.8) is 0 Å². The van der Waals surface area contributed by atoms with Gasteiger partial charge in [0.25, 0.3) is 5.91 Å². The van der Waals surface area contributed by atoms with Gasteiger partial charge in [-0.25, -0.2) is 4.39 Å². The fourth-order valence-electron chi connectivity index (χ4n) is 2.33. The van der Waals surface area contributed by atoms with E-state index in [0.29, 0.717) is 5.56 Å². The van der Waals surface area contributed by atoms with Crippen molar-refractivity contribution in [2.75, 3.05) is 0 Å². The van der Waals surface area contributed by atoms with Gasteiger partial charge in [0.2, 0.25) is 0 Å². The fraction of sp³-hybridized carbons (Fsp3) is 0.316. The van der Waals surface area contributed by atoms with Crippen LogP contribution in [0.1, 0.15) is 54.8 Å². The molecule has 0 radical (unpaired) electrons. The first-order valence-corrected chi connectivity index (χ1v) is 7.91. The molecule has 2 aromatic rings. The van der Waals surface area contributed by atoms with Crippen molar-refractivity contribution in [3.8, 4) is 0 Å². The van der Waals surface area contributed by atoms with Gasteiger partial charge in [-0.05, 0) is 34.7 Å². The van der Waals surface area contributed by atoms with Crippen LogP contribution in [-0.2, 0) is 10.2 Å². The second-order valence-corrected chi connectivity index (χ2v) is 6.86. The molecule has 25 heavy (non-hydrogen) atoms. The van der Waals surface area contributed by atoms with E-state index in [-0.39, 0.29) is 17.5 Å². The minimum atomic E-state index is -1.06. The molecule has 2 N–H and O–H groups in total. The lowest BCUT2D eigenvalue weighted by molar-refractivity contribution is -0.137. The summed E-state index contributed by atoms with van der Waals surface area (Å²) in [6, 6.07) is 8.04. The maximum absolute atomic E-state index is 13.1. The monoisotopic (exact) mass is 344 g/mol. The molecule has 0 saturated heterocycles. The Bertz CT molecular complexity index is 750. The smallest absolute Gasteiger partial charge is 0.305 e. The Morgan fingerprint density at radius 1 is 1.16 bits per heavy atom. The zero-order valence-electron chi connectivity index (χ0n) is 14.4. The van der Waals surface area contributed by atoms with Gasteiger partial charge in [0.15, 0.2) is 0 Å². The summed E-state index contributed by atoms with van der Waals surface area (Å²) in [6.07, 6.45) is 1.33. The number of halogens is 1. The van der Waals surface area contributed by atoms with Crippen molar-refractivity contribution >= 4 is 11.9 Å². The quantitative estimate of drug-likeness (QED) is 0.870. The Labute approximate surface area is 145 Å². The molecular weight excluding hydrogens is 323 g/mol. The first-order chi connectivity index (χ1) is 11.7. The summed E-state index contributed by atoms with van der Waals surface area (Å²) in [4.78, 5) is 27.6. The highest BCUT2D eigenvalue weighted by Gasteiger charge is 2.20. The van der Waals surface area contributed by atoms with Gasteiger partial charge < -0.3 is 10.4 Å². The van der Waals surface area contributed by atoms with Crippen LogP contribution in [0, 0.1) is 5.82 Å². The first kappa shape index (κ1) is 18.6. The van der Waals surface area contributed by atoms with Gasteiger partial charge in [-0.3, -0.25) is 14.6 Å². The first-order valence-electron chi connectivity index (χ1n) is 7.91. The van der Waals surface area contributed by atoms with E-state index in [2.05, 4.69) is 10.3 Å². The van der Waals surface area contributed by atoms with E-state index in [1.807, 2.05) is 26.8 Å². The van der Waals surface area contributed by atoms with Crippen molar-refractivity contribution < 1.29 is 19.1 Å². The van der Waals surface area contributed by atoms with Crippen LogP contribution >= 0.6 is 0 Å². The highest BCUT2D eigenvalue weighted by atomic mass is 19.1. The van der Waals surface area contributed by atoms with Crippen LogP contribution in [-0.4, -0.2) is 22.0 Å². The van der Waals surface area contributed by atoms with Crippen LogP contribution < -0.4 is 5.32 Å². The molecule has 1 aromatic carbocycles. The number of carbonyl (C=O) groups is 2. The zero-order valence-corrected chi connectivity index (χ0v) is 14.4. The van der Waals surface area contributed by atoms with Crippen LogP contribution in [0.2, 0.25) is 0 Å². The van der Waals surface area contributed by atoms with E-state index in [0.717, 1.165) is 5.56 Å². The Hall–Kier alpha value is -2.76. The molecule has 0 bridgehead atoms. The van der Waals surface area contributed by atoms with Gasteiger partial charge in [0.1, 0.15) is 11.5 Å². The topological polar surface area (TPSA) is 79.3 Å². The molecule has 1 amide bonds. The van der Waals surface area contributed by atoms with E-state index in [1.165, 1.54) is 24.3 Å². The average molecular weight is 344 g/mol. The number of nitrogens with one attached hydrogen (secondary N) is 1. The second-order valence-electron chi connectivity index (χ2n) is 6.86. The molecule has 0 aliphatic carbocycles. The number of hydrogen-bond acceptors (Lipinski definition) is 3. The largest absolute Gasteiger partial charge is 0.481 e. The molecule has 0 saturated carbocycles. The molecule has 1 unspecified atom stereocenters. The minimum absolute atomic E-state index is 0.0814. The lowest BCUT2D eigenvalue weighted by Crippen LogP contribution is -2.31. The number of carbonyl (C=O) groups excluding carboxylic acids is 1. The van der Waals surface area contributed by atoms with E-state index in [9.17, 15) is 14.0 Å². The molecular formula is C19H21FN2O3. The number of rotatable bonds is 5. The standard InChI is InChI=1S/C19H21FN2O3/c1-19(2,3)13-6-9-15(21-11-13)18(25)22-16(10-17(23)24)12-4-7-14(20)8-5-12/h4-9,11,16H,10H2,1-3H3,(H,22,25)(H,23,24). The Morgan fingerprint density at radius 3 is 2.28 bits per heavy atom. The summed E-state index contributed by atoms with van der Waals surface area (Å²) in [5, 5.41) is 11.7. The van der Waals surface area contributed by atoms with Crippen LogP contribution in [0.3, 0.4) is 0 Å². The van der Waals surface area contributed by atoms with Gasteiger partial charge in [-0.1, -0.05) is 39.0 Å². The predicted molar refractivity (Wildman–Crippen MR) is 91.8 cm³/mol. The van der Waals surface area contributed by atoms with Gasteiger partial charge in [0.05, 0.1) is 12.5 Å². The molecule has 0 fully saturated rings. The molecule has 5 nitrogen and oxygen atoms in total. The third-order valence-electron chi connectivity index (χ3n) is 3.82. The van der Waals surface area contributed by atoms with Crippen LogP contribution in [0.4, 0.5) is 4.39 Å². The number of aromatic nitrogens is 1. The highest BCUT2D eigenvalue weighted by Crippen LogP contribution is 2.22. The third-order valence-corrected chi connectivity index (χ3v) is 3.82. The molecule has 2 rings (SSSR count). The van der Waals surface area contributed by atoms with Gasteiger partial charge in [-0.2, -0.15) is 0 Å². The van der Waals surface area contributed by atoms with E-state index in [1.54, 1.807) is 12.3 Å². The fourth-order valence-corrected chi connectivity index (χ4v) is 2.33. The summed E-state index contributed by atoms with van der Waals surface area (Å²) < 4.78 is 13.1. The number of carboxylic acid groups (broad SMARTS) is 1. The van der Waals surface area contributed by atoms with Crippen LogP contribution in [0.5, 0.6) is 0 Å². The number of carboxylic acids is 1. The van der Waals surface area contributed by atoms with Crippen LogP contribution in [0.25, 0.3) is 0 Å². The number of benzene rings is 1. The summed E-state index contributed by atoms with van der Waals surface area (Å²) in [5.41, 5.74) is 1.63. The molecule has 1 atom stereocenters. The summed E-state index contributed by atoms with van der Waals surface area (Å²) >= 11 is 0. The molecule has 132 valence electrons. The molecule has 6 heteroatoms. The zero-order chi connectivity index (χ0) is 18.6. The summed E-state index contributed by atoms with van der Waals surface area (Å²) in [5.74, 6) is -1.97.